The van der Waals surface area contributed by atoms with Gasteiger partial charge < -0.3 is 10.4 Å². The van der Waals surface area contributed by atoms with E-state index in [9.17, 15) is 4.79 Å². The van der Waals surface area contributed by atoms with E-state index in [0.717, 1.165) is 17.3 Å². The summed E-state index contributed by atoms with van der Waals surface area (Å²) in [6.07, 6.45) is 1.64. The first-order valence-corrected chi connectivity index (χ1v) is 6.12. The number of rotatable bonds is 3. The zero-order chi connectivity index (χ0) is 11.8. The molecule has 1 saturated carbocycles. The van der Waals surface area contributed by atoms with Crippen LogP contribution in [0.5, 0.6) is 0 Å². The number of halogens is 2. The number of amides is 1. The van der Waals surface area contributed by atoms with Gasteiger partial charge in [-0.2, -0.15) is 0 Å². The van der Waals surface area contributed by atoms with Gasteiger partial charge >= 0.3 is 0 Å². The third-order valence-electron chi connectivity index (χ3n) is 2.71. The SMILES string of the molecule is O=C(NC1(CO)CC1)c1cc(Br)ccc1Cl. The van der Waals surface area contributed by atoms with Crippen LogP contribution in [0, 0.1) is 0 Å². The summed E-state index contributed by atoms with van der Waals surface area (Å²) >= 11 is 9.23. The first kappa shape index (κ1) is 11.9. The minimum Gasteiger partial charge on any atom is -0.394 e. The average molecular weight is 305 g/mol. The third kappa shape index (κ3) is 2.39. The van der Waals surface area contributed by atoms with Crippen molar-refractivity contribution in [3.05, 3.63) is 33.3 Å². The van der Waals surface area contributed by atoms with E-state index in [2.05, 4.69) is 21.2 Å². The molecule has 1 amide bonds. The number of benzene rings is 1. The Hall–Kier alpha value is -0.580. The fraction of sp³-hybridized carbons (Fsp3) is 0.364. The van der Waals surface area contributed by atoms with Crippen LogP contribution in [0.4, 0.5) is 0 Å². The summed E-state index contributed by atoms with van der Waals surface area (Å²) in [7, 11) is 0. The second-order valence-corrected chi connectivity index (χ2v) is 5.34. The number of carbonyl (C=O) groups excluding carboxylic acids is 1. The molecule has 3 nitrogen and oxygen atoms in total. The van der Waals surface area contributed by atoms with E-state index < -0.39 is 5.54 Å². The second-order valence-electron chi connectivity index (χ2n) is 4.02. The Labute approximate surface area is 107 Å². The maximum atomic E-state index is 11.9. The summed E-state index contributed by atoms with van der Waals surface area (Å²) < 4.78 is 0.802. The van der Waals surface area contributed by atoms with Gasteiger partial charge in [-0.05, 0) is 31.0 Å². The predicted octanol–water partition coefficient (Wildman–Crippen LogP) is 2.36. The maximum Gasteiger partial charge on any atom is 0.253 e. The molecule has 5 heteroatoms. The molecular weight excluding hydrogens is 293 g/mol. The third-order valence-corrected chi connectivity index (χ3v) is 3.53. The van der Waals surface area contributed by atoms with Gasteiger partial charge in [-0.1, -0.05) is 27.5 Å². The van der Waals surface area contributed by atoms with Crippen LogP contribution in [0.3, 0.4) is 0 Å². The molecule has 1 aromatic carbocycles. The summed E-state index contributed by atoms with van der Waals surface area (Å²) in [5.74, 6) is -0.238. The van der Waals surface area contributed by atoms with Crippen LogP contribution in [0.2, 0.25) is 5.02 Å². The van der Waals surface area contributed by atoms with Gasteiger partial charge in [0.1, 0.15) is 0 Å². The van der Waals surface area contributed by atoms with E-state index in [-0.39, 0.29) is 12.5 Å². The molecule has 2 rings (SSSR count). The van der Waals surface area contributed by atoms with E-state index in [1.54, 1.807) is 18.2 Å². The normalized spacial score (nSPS) is 16.9. The van der Waals surface area contributed by atoms with Gasteiger partial charge in [0.05, 0.1) is 22.7 Å². The quantitative estimate of drug-likeness (QED) is 0.900. The molecule has 0 aliphatic heterocycles. The van der Waals surface area contributed by atoms with Crippen molar-refractivity contribution in [2.75, 3.05) is 6.61 Å². The molecular formula is C11H11BrClNO2. The van der Waals surface area contributed by atoms with Gasteiger partial charge in [-0.3, -0.25) is 4.79 Å². The Morgan fingerprint density at radius 3 is 2.81 bits per heavy atom. The van der Waals surface area contributed by atoms with Crippen molar-refractivity contribution in [2.24, 2.45) is 0 Å². The van der Waals surface area contributed by atoms with E-state index in [0.29, 0.717) is 10.6 Å². The van der Waals surface area contributed by atoms with Crippen LogP contribution in [-0.2, 0) is 0 Å². The first-order valence-electron chi connectivity index (χ1n) is 4.95. The van der Waals surface area contributed by atoms with Crippen molar-refractivity contribution in [1.29, 1.82) is 0 Å². The molecule has 0 spiro atoms. The lowest BCUT2D eigenvalue weighted by molar-refractivity contribution is 0.0907. The molecule has 2 N–H and O–H groups in total. The molecule has 1 aliphatic carbocycles. The Bertz CT molecular complexity index is 432. The van der Waals surface area contributed by atoms with Gasteiger partial charge in [0.25, 0.3) is 5.91 Å². The molecule has 1 fully saturated rings. The standard InChI is InChI=1S/C11H11BrClNO2/c12-7-1-2-9(13)8(5-7)10(16)14-11(6-15)3-4-11/h1-2,5,15H,3-4,6H2,(H,14,16). The van der Waals surface area contributed by atoms with E-state index >= 15 is 0 Å². The number of hydrogen-bond donors (Lipinski definition) is 2. The molecule has 0 unspecified atom stereocenters. The highest BCUT2D eigenvalue weighted by molar-refractivity contribution is 9.10. The topological polar surface area (TPSA) is 49.3 Å². The Morgan fingerprint density at radius 2 is 2.25 bits per heavy atom. The summed E-state index contributed by atoms with van der Waals surface area (Å²) in [6, 6.07) is 5.11. The van der Waals surface area contributed by atoms with E-state index in [1.165, 1.54) is 0 Å². The monoisotopic (exact) mass is 303 g/mol. The smallest absolute Gasteiger partial charge is 0.253 e. The van der Waals surface area contributed by atoms with Crippen molar-refractivity contribution >= 4 is 33.4 Å². The number of hydrogen-bond acceptors (Lipinski definition) is 2. The van der Waals surface area contributed by atoms with Gasteiger partial charge in [-0.15, -0.1) is 0 Å². The van der Waals surface area contributed by atoms with Crippen molar-refractivity contribution in [3.63, 3.8) is 0 Å². The van der Waals surface area contributed by atoms with Crippen molar-refractivity contribution in [2.45, 2.75) is 18.4 Å². The average Bonchev–Trinajstić information content (AvgIpc) is 3.02. The van der Waals surface area contributed by atoms with Crippen LogP contribution in [0.25, 0.3) is 0 Å². The number of aliphatic hydroxyl groups is 1. The van der Waals surface area contributed by atoms with Crippen molar-refractivity contribution in [3.8, 4) is 0 Å². The molecule has 0 heterocycles. The fourth-order valence-electron chi connectivity index (χ4n) is 1.45. The van der Waals surface area contributed by atoms with Crippen LogP contribution >= 0.6 is 27.5 Å². The van der Waals surface area contributed by atoms with E-state index in [4.69, 9.17) is 16.7 Å². The van der Waals surface area contributed by atoms with Crippen LogP contribution in [-0.4, -0.2) is 23.2 Å². The van der Waals surface area contributed by atoms with Gasteiger partial charge in [0.15, 0.2) is 0 Å². The first-order chi connectivity index (χ1) is 7.56. The van der Waals surface area contributed by atoms with Crippen LogP contribution in [0.15, 0.2) is 22.7 Å². The highest BCUT2D eigenvalue weighted by Crippen LogP contribution is 2.35. The van der Waals surface area contributed by atoms with Crippen molar-refractivity contribution in [1.82, 2.24) is 5.32 Å². The lowest BCUT2D eigenvalue weighted by Crippen LogP contribution is -2.39. The Kier molecular flexibility index (Phi) is 3.24. The maximum absolute atomic E-state index is 11.9. The predicted molar refractivity (Wildman–Crippen MR) is 65.7 cm³/mol. The summed E-state index contributed by atoms with van der Waals surface area (Å²) in [4.78, 5) is 11.9. The van der Waals surface area contributed by atoms with E-state index in [1.807, 2.05) is 0 Å². The molecule has 0 bridgehead atoms. The molecule has 0 saturated heterocycles. The van der Waals surface area contributed by atoms with Gasteiger partial charge in [0, 0.05) is 4.47 Å². The molecule has 0 radical (unpaired) electrons. The number of nitrogens with one attached hydrogen (secondary N) is 1. The zero-order valence-electron chi connectivity index (χ0n) is 8.46. The second kappa shape index (κ2) is 4.35. The number of carbonyl (C=O) groups is 1. The lowest BCUT2D eigenvalue weighted by atomic mass is 10.2. The largest absolute Gasteiger partial charge is 0.394 e. The summed E-state index contributed by atoms with van der Waals surface area (Å²) in [5, 5.41) is 12.3. The highest BCUT2D eigenvalue weighted by Gasteiger charge is 2.43. The van der Waals surface area contributed by atoms with Crippen molar-refractivity contribution < 1.29 is 9.90 Å². The number of aliphatic hydroxyl groups excluding tert-OH is 1. The fourth-order valence-corrected chi connectivity index (χ4v) is 2.02. The minimum atomic E-state index is -0.414. The summed E-state index contributed by atoms with van der Waals surface area (Å²) in [5.41, 5.74) is 0.0127. The minimum absolute atomic E-state index is 0.0235. The lowest BCUT2D eigenvalue weighted by Gasteiger charge is -2.14. The Balaban J connectivity index is 2.17. The molecule has 0 atom stereocenters. The van der Waals surface area contributed by atoms with Crippen LogP contribution < -0.4 is 5.32 Å². The molecule has 16 heavy (non-hydrogen) atoms. The van der Waals surface area contributed by atoms with Crippen LogP contribution in [0.1, 0.15) is 23.2 Å². The van der Waals surface area contributed by atoms with Gasteiger partial charge in [-0.25, -0.2) is 0 Å². The highest BCUT2D eigenvalue weighted by atomic mass is 79.9. The Morgan fingerprint density at radius 1 is 1.56 bits per heavy atom. The summed E-state index contributed by atoms with van der Waals surface area (Å²) in [6.45, 7) is -0.0235. The molecule has 86 valence electrons. The molecule has 1 aromatic rings. The molecule has 1 aliphatic rings. The molecule has 0 aromatic heterocycles. The zero-order valence-corrected chi connectivity index (χ0v) is 10.8. The van der Waals surface area contributed by atoms with Gasteiger partial charge in [0.2, 0.25) is 0 Å².